The van der Waals surface area contributed by atoms with Gasteiger partial charge in [0.2, 0.25) is 5.91 Å². The maximum atomic E-state index is 13.1. The van der Waals surface area contributed by atoms with Gasteiger partial charge in [-0.2, -0.15) is 0 Å². The second kappa shape index (κ2) is 9.55. The molecular formula is C26H32N4O2. The zero-order chi connectivity index (χ0) is 22.7. The summed E-state index contributed by atoms with van der Waals surface area (Å²) < 4.78 is 7.37. The lowest BCUT2D eigenvalue weighted by atomic mass is 9.92. The van der Waals surface area contributed by atoms with Crippen molar-refractivity contribution in [1.29, 1.82) is 0 Å². The van der Waals surface area contributed by atoms with Crippen LogP contribution in [0.5, 0.6) is 5.75 Å². The van der Waals surface area contributed by atoms with Crippen LogP contribution in [-0.2, 0) is 11.3 Å². The molecule has 3 aromatic rings. The second-order valence-electron chi connectivity index (χ2n) is 8.90. The number of carbonyl (C=O) groups is 1. The van der Waals surface area contributed by atoms with Crippen molar-refractivity contribution >= 4 is 5.91 Å². The summed E-state index contributed by atoms with van der Waals surface area (Å²) in [4.78, 5) is 24.3. The predicted octanol–water partition coefficient (Wildman–Crippen LogP) is 4.79. The van der Waals surface area contributed by atoms with E-state index in [0.717, 1.165) is 53.5 Å². The Morgan fingerprint density at radius 2 is 2.06 bits per heavy atom. The molecule has 0 saturated carbocycles. The largest absolute Gasteiger partial charge is 0.497 e. The van der Waals surface area contributed by atoms with E-state index in [2.05, 4.69) is 37.0 Å². The lowest BCUT2D eigenvalue weighted by molar-refractivity contribution is -0.133. The molecule has 6 heteroatoms. The summed E-state index contributed by atoms with van der Waals surface area (Å²) in [5, 5.41) is 0. The highest BCUT2D eigenvalue weighted by molar-refractivity contribution is 5.76. The van der Waals surface area contributed by atoms with Crippen LogP contribution in [0.4, 0.5) is 0 Å². The summed E-state index contributed by atoms with van der Waals surface area (Å²) in [6.07, 6.45) is 5.71. The highest BCUT2D eigenvalue weighted by atomic mass is 16.5. The second-order valence-corrected chi connectivity index (χ2v) is 8.90. The number of piperidine rings is 1. The number of ether oxygens (including phenoxy) is 1. The molecule has 168 valence electrons. The van der Waals surface area contributed by atoms with Gasteiger partial charge in [-0.15, -0.1) is 0 Å². The Morgan fingerprint density at radius 1 is 1.22 bits per heavy atom. The first-order chi connectivity index (χ1) is 15.4. The van der Waals surface area contributed by atoms with Crippen molar-refractivity contribution in [2.75, 3.05) is 20.2 Å². The number of pyridine rings is 1. The first-order valence-corrected chi connectivity index (χ1v) is 11.4. The summed E-state index contributed by atoms with van der Waals surface area (Å²) >= 11 is 0. The SMILES string of the molecule is COc1cccc(-c2cc(C)nc([C@@H]3CCCN(C(=O)Cn4ccnc4C(C)C)C3)c2)c1. The fraction of sp³-hybridized carbons (Fsp3) is 0.423. The molecule has 0 spiro atoms. The van der Waals surface area contributed by atoms with E-state index in [-0.39, 0.29) is 11.8 Å². The number of carbonyl (C=O) groups excluding carboxylic acids is 1. The Morgan fingerprint density at radius 3 is 2.84 bits per heavy atom. The number of hydrogen-bond donors (Lipinski definition) is 0. The fourth-order valence-electron chi connectivity index (χ4n) is 4.52. The van der Waals surface area contributed by atoms with Gasteiger partial charge in [0.05, 0.1) is 7.11 Å². The molecule has 1 amide bonds. The number of nitrogens with zero attached hydrogens (tertiary/aromatic N) is 4. The van der Waals surface area contributed by atoms with Crippen molar-refractivity contribution in [2.24, 2.45) is 0 Å². The van der Waals surface area contributed by atoms with Crippen molar-refractivity contribution in [1.82, 2.24) is 19.4 Å². The molecule has 0 bridgehead atoms. The van der Waals surface area contributed by atoms with Gasteiger partial charge in [0.25, 0.3) is 0 Å². The number of aryl methyl sites for hydroxylation is 1. The molecule has 0 radical (unpaired) electrons. The van der Waals surface area contributed by atoms with Crippen molar-refractivity contribution in [3.63, 3.8) is 0 Å². The van der Waals surface area contributed by atoms with Crippen LogP contribution in [0.1, 0.15) is 55.7 Å². The molecule has 1 saturated heterocycles. The maximum Gasteiger partial charge on any atom is 0.242 e. The van der Waals surface area contributed by atoms with Gasteiger partial charge >= 0.3 is 0 Å². The summed E-state index contributed by atoms with van der Waals surface area (Å²) in [5.74, 6) is 2.47. The van der Waals surface area contributed by atoms with Gasteiger partial charge in [-0.25, -0.2) is 4.98 Å². The number of likely N-dealkylation sites (tertiary alicyclic amines) is 1. The number of amides is 1. The fourth-order valence-corrected chi connectivity index (χ4v) is 4.52. The molecule has 0 N–H and O–H groups in total. The molecular weight excluding hydrogens is 400 g/mol. The highest BCUT2D eigenvalue weighted by Crippen LogP contribution is 2.31. The summed E-state index contributed by atoms with van der Waals surface area (Å²) in [6, 6.07) is 12.4. The third-order valence-electron chi connectivity index (χ3n) is 6.14. The van der Waals surface area contributed by atoms with Crippen molar-refractivity contribution in [2.45, 2.75) is 52.0 Å². The normalized spacial score (nSPS) is 16.4. The Bertz CT molecular complexity index is 1090. The molecule has 1 fully saturated rings. The van der Waals surface area contributed by atoms with E-state index in [9.17, 15) is 4.79 Å². The molecule has 3 heterocycles. The minimum atomic E-state index is 0.148. The summed E-state index contributed by atoms with van der Waals surface area (Å²) in [5.41, 5.74) is 4.30. The number of hydrogen-bond acceptors (Lipinski definition) is 4. The van der Waals surface area contributed by atoms with Crippen molar-refractivity contribution in [3.8, 4) is 16.9 Å². The van der Waals surface area contributed by atoms with E-state index in [1.165, 1.54) is 0 Å². The van der Waals surface area contributed by atoms with E-state index in [1.54, 1.807) is 13.3 Å². The van der Waals surface area contributed by atoms with E-state index < -0.39 is 0 Å². The summed E-state index contributed by atoms with van der Waals surface area (Å²) in [6.45, 7) is 8.09. The van der Waals surface area contributed by atoms with Crippen LogP contribution in [0.3, 0.4) is 0 Å². The van der Waals surface area contributed by atoms with Crippen LogP contribution in [-0.4, -0.2) is 45.5 Å². The number of benzene rings is 1. The van der Waals surface area contributed by atoms with E-state index in [0.29, 0.717) is 19.0 Å². The van der Waals surface area contributed by atoms with Crippen LogP contribution in [0.2, 0.25) is 0 Å². The van der Waals surface area contributed by atoms with E-state index in [1.807, 2.05) is 40.8 Å². The first kappa shape index (κ1) is 22.1. The minimum Gasteiger partial charge on any atom is -0.497 e. The molecule has 6 nitrogen and oxygen atoms in total. The van der Waals surface area contributed by atoms with Crippen LogP contribution in [0.25, 0.3) is 11.1 Å². The standard InChI is InChI=1S/C26H32N4O2/c1-18(2)26-27-10-12-30(26)17-25(31)29-11-6-8-21(16-29)24-15-22(13-19(3)28-24)20-7-5-9-23(14-20)32-4/h5,7,9-10,12-15,18,21H,6,8,11,16-17H2,1-4H3/t21-/m1/s1. The van der Waals surface area contributed by atoms with Gasteiger partial charge in [-0.05, 0) is 55.2 Å². The zero-order valence-electron chi connectivity index (χ0n) is 19.4. The summed E-state index contributed by atoms with van der Waals surface area (Å²) in [7, 11) is 1.68. The third-order valence-corrected chi connectivity index (χ3v) is 6.14. The Balaban J connectivity index is 1.52. The number of methoxy groups -OCH3 is 1. The molecule has 0 aliphatic carbocycles. The predicted molar refractivity (Wildman–Crippen MR) is 126 cm³/mol. The Kier molecular flexibility index (Phi) is 6.58. The van der Waals surface area contributed by atoms with Gasteiger partial charge in [-0.3, -0.25) is 9.78 Å². The van der Waals surface area contributed by atoms with E-state index >= 15 is 0 Å². The maximum absolute atomic E-state index is 13.1. The minimum absolute atomic E-state index is 0.148. The van der Waals surface area contributed by atoms with Crippen LogP contribution >= 0.6 is 0 Å². The quantitative estimate of drug-likeness (QED) is 0.562. The Hall–Kier alpha value is -3.15. The van der Waals surface area contributed by atoms with Gasteiger partial charge in [0.1, 0.15) is 18.1 Å². The van der Waals surface area contributed by atoms with Gasteiger partial charge < -0.3 is 14.2 Å². The van der Waals surface area contributed by atoms with Crippen LogP contribution in [0, 0.1) is 6.92 Å². The molecule has 1 atom stereocenters. The molecule has 1 aromatic carbocycles. The molecule has 1 aliphatic rings. The average Bonchev–Trinajstić information content (AvgIpc) is 3.27. The highest BCUT2D eigenvalue weighted by Gasteiger charge is 2.26. The lowest BCUT2D eigenvalue weighted by Gasteiger charge is -2.33. The Labute approximate surface area is 190 Å². The van der Waals surface area contributed by atoms with Gasteiger partial charge in [-0.1, -0.05) is 26.0 Å². The average molecular weight is 433 g/mol. The number of imidazole rings is 1. The smallest absolute Gasteiger partial charge is 0.242 e. The van der Waals surface area contributed by atoms with Crippen molar-refractivity contribution < 1.29 is 9.53 Å². The molecule has 0 unspecified atom stereocenters. The molecule has 2 aromatic heterocycles. The zero-order valence-corrected chi connectivity index (χ0v) is 19.4. The monoisotopic (exact) mass is 432 g/mol. The van der Waals surface area contributed by atoms with Crippen LogP contribution < -0.4 is 4.74 Å². The lowest BCUT2D eigenvalue weighted by Crippen LogP contribution is -2.41. The molecule has 4 rings (SSSR count). The first-order valence-electron chi connectivity index (χ1n) is 11.4. The molecule has 32 heavy (non-hydrogen) atoms. The van der Waals surface area contributed by atoms with Crippen molar-refractivity contribution in [3.05, 3.63) is 66.0 Å². The number of rotatable bonds is 6. The molecule has 1 aliphatic heterocycles. The topological polar surface area (TPSA) is 60.2 Å². The van der Waals surface area contributed by atoms with Gasteiger partial charge in [0, 0.05) is 48.7 Å². The van der Waals surface area contributed by atoms with E-state index in [4.69, 9.17) is 9.72 Å². The van der Waals surface area contributed by atoms with Crippen LogP contribution in [0.15, 0.2) is 48.8 Å². The third kappa shape index (κ3) is 4.85. The van der Waals surface area contributed by atoms with Gasteiger partial charge in [0.15, 0.2) is 0 Å². The number of aromatic nitrogens is 3.